The van der Waals surface area contributed by atoms with Crippen LogP contribution in [0.25, 0.3) is 11.1 Å². The van der Waals surface area contributed by atoms with Crippen LogP contribution in [0.3, 0.4) is 0 Å². The van der Waals surface area contributed by atoms with Crippen molar-refractivity contribution in [3.8, 4) is 11.1 Å². The van der Waals surface area contributed by atoms with Crippen LogP contribution >= 0.6 is 15.9 Å². The minimum absolute atomic E-state index is 0.172. The minimum Gasteiger partial charge on any atom is -0.326 e. The zero-order valence-electron chi connectivity index (χ0n) is 16.7. The largest absolute Gasteiger partial charge is 0.499 e. The molecule has 0 unspecified atom stereocenters. The molecule has 0 aliphatic carbocycles. The molecule has 0 saturated carbocycles. The fourth-order valence-electron chi connectivity index (χ4n) is 3.33. The summed E-state index contributed by atoms with van der Waals surface area (Å²) in [5.41, 5.74) is 2.03. The lowest BCUT2D eigenvalue weighted by Crippen LogP contribution is -2.49. The van der Waals surface area contributed by atoms with Gasteiger partial charge in [-0.05, 0) is 41.5 Å². The highest BCUT2D eigenvalue weighted by Gasteiger charge is 2.51. The highest BCUT2D eigenvalue weighted by atomic mass is 79.9. The van der Waals surface area contributed by atoms with E-state index in [4.69, 9.17) is 0 Å². The van der Waals surface area contributed by atoms with Crippen molar-refractivity contribution in [1.82, 2.24) is 4.31 Å². The Labute approximate surface area is 195 Å². The van der Waals surface area contributed by atoms with Gasteiger partial charge in [0.1, 0.15) is 10.7 Å². The first-order chi connectivity index (χ1) is 15.6. The number of nitrogens with one attached hydrogen (secondary N) is 1. The summed E-state index contributed by atoms with van der Waals surface area (Å²) in [4.78, 5) is 15.7. The van der Waals surface area contributed by atoms with Crippen LogP contribution in [0.4, 0.5) is 24.5 Å². The molecule has 4 rings (SSSR count). The monoisotopic (exact) mass is 537 g/mol. The van der Waals surface area contributed by atoms with Crippen LogP contribution in [-0.2, 0) is 14.8 Å². The predicted octanol–water partition coefficient (Wildman–Crippen LogP) is 5.70. The van der Waals surface area contributed by atoms with E-state index in [1.807, 2.05) is 30.3 Å². The number of aliphatic imine (C=N–C) groups is 1. The van der Waals surface area contributed by atoms with Gasteiger partial charge < -0.3 is 5.32 Å². The number of halogens is 4. The molecule has 3 aromatic rings. The van der Waals surface area contributed by atoms with Gasteiger partial charge in [0, 0.05) is 10.2 Å². The summed E-state index contributed by atoms with van der Waals surface area (Å²) >= 11 is 3.05. The second-order valence-electron chi connectivity index (χ2n) is 7.05. The van der Waals surface area contributed by atoms with Crippen molar-refractivity contribution in [2.24, 2.45) is 4.99 Å². The quantitative estimate of drug-likeness (QED) is 0.433. The average Bonchev–Trinajstić information content (AvgIpc) is 2.74. The fraction of sp³-hybridized carbons (Fsp3) is 0.0909. The fourth-order valence-corrected chi connectivity index (χ4v) is 5.35. The van der Waals surface area contributed by atoms with E-state index >= 15 is 0 Å². The van der Waals surface area contributed by atoms with Gasteiger partial charge >= 0.3 is 6.30 Å². The minimum atomic E-state index is -5.30. The van der Waals surface area contributed by atoms with Crippen LogP contribution in [0.5, 0.6) is 0 Å². The smallest absolute Gasteiger partial charge is 0.326 e. The number of alkyl halides is 3. The van der Waals surface area contributed by atoms with Crippen molar-refractivity contribution in [2.45, 2.75) is 17.6 Å². The van der Waals surface area contributed by atoms with Gasteiger partial charge in [0.05, 0.1) is 12.1 Å². The number of hydrogen-bond acceptors (Lipinski definition) is 4. The molecule has 170 valence electrons. The number of benzene rings is 3. The summed E-state index contributed by atoms with van der Waals surface area (Å²) in [6, 6.07) is 20.0. The number of fused-ring (bicyclic) bond motifs is 1. The number of carbonyl (C=O) groups is 1. The first-order valence-electron chi connectivity index (χ1n) is 9.50. The van der Waals surface area contributed by atoms with E-state index < -0.39 is 43.7 Å². The van der Waals surface area contributed by atoms with Gasteiger partial charge in [-0.1, -0.05) is 58.4 Å². The second-order valence-corrected chi connectivity index (χ2v) is 9.72. The Kier molecular flexibility index (Phi) is 6.02. The van der Waals surface area contributed by atoms with Gasteiger partial charge in [-0.25, -0.2) is 13.4 Å². The molecule has 0 radical (unpaired) electrons. The summed E-state index contributed by atoms with van der Waals surface area (Å²) in [5, 5.41) is 2.48. The van der Waals surface area contributed by atoms with Crippen LogP contribution in [-0.4, -0.2) is 30.8 Å². The molecule has 0 saturated heterocycles. The van der Waals surface area contributed by atoms with Crippen molar-refractivity contribution in [3.63, 3.8) is 0 Å². The molecule has 0 atom stereocenters. The van der Waals surface area contributed by atoms with E-state index in [0.29, 0.717) is 5.69 Å². The van der Waals surface area contributed by atoms with Crippen LogP contribution in [0, 0.1) is 0 Å². The molecule has 6 nitrogen and oxygen atoms in total. The standard InChI is InChI=1S/C22H15BrF3N3O3S/c23-16-8-11-18-19(12-16)33(31,32)29(22(24,25)26)20(28-18)13-21(30)27-17-9-6-15(7-10-17)14-4-2-1-3-5-14/h1-12H,13H2,(H,27,30). The van der Waals surface area contributed by atoms with Crippen molar-refractivity contribution in [2.75, 3.05) is 5.32 Å². The molecule has 1 aliphatic rings. The SMILES string of the molecule is O=C(CC1=Nc2ccc(Br)cc2S(=O)(=O)N1C(F)(F)F)Nc1ccc(-c2ccccc2)cc1. The molecule has 1 N–H and O–H groups in total. The van der Waals surface area contributed by atoms with Crippen molar-refractivity contribution >= 4 is 49.1 Å². The summed E-state index contributed by atoms with van der Waals surface area (Å²) in [5.74, 6) is -1.78. The molecular formula is C22H15BrF3N3O3S. The number of rotatable bonds is 4. The number of nitrogens with zero attached hydrogens (tertiary/aromatic N) is 2. The zero-order valence-corrected chi connectivity index (χ0v) is 19.1. The van der Waals surface area contributed by atoms with Crippen molar-refractivity contribution in [1.29, 1.82) is 0 Å². The molecule has 0 aromatic heterocycles. The predicted molar refractivity (Wildman–Crippen MR) is 121 cm³/mol. The number of anilines is 1. The van der Waals surface area contributed by atoms with E-state index in [0.717, 1.165) is 17.2 Å². The van der Waals surface area contributed by atoms with Gasteiger partial charge in [-0.15, -0.1) is 13.2 Å². The highest BCUT2D eigenvalue weighted by molar-refractivity contribution is 9.10. The number of hydrogen-bond donors (Lipinski definition) is 1. The van der Waals surface area contributed by atoms with Gasteiger partial charge in [-0.3, -0.25) is 4.79 Å². The van der Waals surface area contributed by atoms with Gasteiger partial charge in [0.2, 0.25) is 5.91 Å². The molecule has 0 spiro atoms. The number of sulfonamides is 1. The first kappa shape index (κ1) is 23.0. The number of carbonyl (C=O) groups excluding carboxylic acids is 1. The van der Waals surface area contributed by atoms with Gasteiger partial charge in [0.25, 0.3) is 10.0 Å². The maximum Gasteiger partial charge on any atom is 0.499 e. The summed E-state index contributed by atoms with van der Waals surface area (Å²) in [6.45, 7) is 0. The highest BCUT2D eigenvalue weighted by Crippen LogP contribution is 2.40. The normalized spacial score (nSPS) is 14.9. The lowest BCUT2D eigenvalue weighted by molar-refractivity contribution is -0.187. The Balaban J connectivity index is 1.59. The van der Waals surface area contributed by atoms with E-state index in [1.165, 1.54) is 12.1 Å². The zero-order chi connectivity index (χ0) is 23.8. The lowest BCUT2D eigenvalue weighted by atomic mass is 10.1. The van der Waals surface area contributed by atoms with Crippen LogP contribution in [0.1, 0.15) is 6.42 Å². The summed E-state index contributed by atoms with van der Waals surface area (Å²) < 4.78 is 66.0. The third-order valence-electron chi connectivity index (χ3n) is 4.75. The Bertz CT molecular complexity index is 1340. The van der Waals surface area contributed by atoms with Crippen LogP contribution in [0.2, 0.25) is 0 Å². The molecule has 33 heavy (non-hydrogen) atoms. The molecule has 1 amide bonds. The Morgan fingerprint density at radius 3 is 2.24 bits per heavy atom. The third-order valence-corrected chi connectivity index (χ3v) is 7.02. The Morgan fingerprint density at radius 2 is 1.61 bits per heavy atom. The van der Waals surface area contributed by atoms with Gasteiger partial charge in [-0.2, -0.15) is 4.31 Å². The maximum atomic E-state index is 13.7. The number of amides is 1. The Morgan fingerprint density at radius 1 is 0.970 bits per heavy atom. The van der Waals surface area contributed by atoms with E-state index in [-0.39, 0.29) is 10.2 Å². The molecular weight excluding hydrogens is 523 g/mol. The topological polar surface area (TPSA) is 78.8 Å². The maximum absolute atomic E-state index is 13.7. The van der Waals surface area contributed by atoms with Crippen molar-refractivity contribution < 1.29 is 26.4 Å². The summed E-state index contributed by atoms with van der Waals surface area (Å²) in [6.07, 6.45) is -6.19. The van der Waals surface area contributed by atoms with Gasteiger partial charge in [0.15, 0.2) is 0 Å². The third kappa shape index (κ3) is 4.79. The number of amidine groups is 1. The van der Waals surface area contributed by atoms with Crippen LogP contribution < -0.4 is 5.32 Å². The van der Waals surface area contributed by atoms with E-state index in [2.05, 4.69) is 26.2 Å². The molecule has 0 fully saturated rings. The first-order valence-corrected chi connectivity index (χ1v) is 11.7. The Hall–Kier alpha value is -3.18. The van der Waals surface area contributed by atoms with Crippen molar-refractivity contribution in [3.05, 3.63) is 77.3 Å². The molecule has 0 bridgehead atoms. The second kappa shape index (κ2) is 8.64. The molecule has 1 aliphatic heterocycles. The molecule has 1 heterocycles. The average molecular weight is 538 g/mol. The molecule has 11 heteroatoms. The van der Waals surface area contributed by atoms with Crippen LogP contribution in [0.15, 0.2) is 87.2 Å². The van der Waals surface area contributed by atoms with E-state index in [9.17, 15) is 26.4 Å². The molecule has 3 aromatic carbocycles. The van der Waals surface area contributed by atoms with E-state index in [1.54, 1.807) is 24.3 Å². The lowest BCUT2D eigenvalue weighted by Gasteiger charge is -2.30. The summed E-state index contributed by atoms with van der Waals surface area (Å²) in [7, 11) is -5.00.